The van der Waals surface area contributed by atoms with Crippen molar-refractivity contribution in [2.45, 2.75) is 31.5 Å². The van der Waals surface area contributed by atoms with Gasteiger partial charge in [-0.25, -0.2) is 4.98 Å². The SMILES string of the molecule is Clc1ccc(CN2C3CCC2CNC3)cn1. The Hall–Kier alpha value is -0.640. The molecule has 2 bridgehead atoms. The molecule has 1 N–H and O–H groups in total. The smallest absolute Gasteiger partial charge is 0.129 e. The summed E-state index contributed by atoms with van der Waals surface area (Å²) in [4.78, 5) is 6.75. The highest BCUT2D eigenvalue weighted by Crippen LogP contribution is 2.28. The van der Waals surface area contributed by atoms with Gasteiger partial charge in [-0.05, 0) is 24.5 Å². The Balaban J connectivity index is 1.72. The Morgan fingerprint density at radius 2 is 2.06 bits per heavy atom. The Labute approximate surface area is 101 Å². The van der Waals surface area contributed by atoms with Crippen molar-refractivity contribution in [3.8, 4) is 0 Å². The zero-order valence-electron chi connectivity index (χ0n) is 9.19. The van der Waals surface area contributed by atoms with Crippen molar-refractivity contribution < 1.29 is 0 Å². The predicted octanol–water partition coefficient (Wildman–Crippen LogP) is 1.67. The van der Waals surface area contributed by atoms with E-state index < -0.39 is 0 Å². The molecule has 2 atom stereocenters. The van der Waals surface area contributed by atoms with Crippen LogP contribution in [0, 0.1) is 0 Å². The molecule has 0 aromatic carbocycles. The van der Waals surface area contributed by atoms with Crippen molar-refractivity contribution >= 4 is 11.6 Å². The van der Waals surface area contributed by atoms with Crippen LogP contribution in [0.1, 0.15) is 18.4 Å². The van der Waals surface area contributed by atoms with Gasteiger partial charge in [0.1, 0.15) is 5.15 Å². The number of piperazine rings is 1. The van der Waals surface area contributed by atoms with Crippen molar-refractivity contribution in [2.75, 3.05) is 13.1 Å². The predicted molar refractivity (Wildman–Crippen MR) is 64.5 cm³/mol. The van der Waals surface area contributed by atoms with Gasteiger partial charge < -0.3 is 5.32 Å². The molecule has 2 unspecified atom stereocenters. The van der Waals surface area contributed by atoms with Crippen molar-refractivity contribution in [2.24, 2.45) is 0 Å². The number of hydrogen-bond donors (Lipinski definition) is 1. The monoisotopic (exact) mass is 237 g/mol. The van der Waals surface area contributed by atoms with Gasteiger partial charge in [-0.15, -0.1) is 0 Å². The van der Waals surface area contributed by atoms with Gasteiger partial charge in [0, 0.05) is 37.9 Å². The number of aromatic nitrogens is 1. The molecule has 1 aromatic heterocycles. The third-order valence-corrected chi connectivity index (χ3v) is 3.91. The van der Waals surface area contributed by atoms with E-state index in [9.17, 15) is 0 Å². The van der Waals surface area contributed by atoms with Gasteiger partial charge in [0.25, 0.3) is 0 Å². The Morgan fingerprint density at radius 3 is 2.69 bits per heavy atom. The van der Waals surface area contributed by atoms with Crippen LogP contribution in [0.3, 0.4) is 0 Å². The number of rotatable bonds is 2. The lowest BCUT2D eigenvalue weighted by atomic mass is 10.2. The van der Waals surface area contributed by atoms with Crippen LogP contribution in [0.4, 0.5) is 0 Å². The first-order valence-corrected chi connectivity index (χ1v) is 6.27. The van der Waals surface area contributed by atoms with Crippen LogP contribution in [0.15, 0.2) is 18.3 Å². The molecule has 3 heterocycles. The summed E-state index contributed by atoms with van der Waals surface area (Å²) in [7, 11) is 0. The lowest BCUT2D eigenvalue weighted by molar-refractivity contribution is 0.145. The van der Waals surface area contributed by atoms with Crippen molar-refractivity contribution in [1.82, 2.24) is 15.2 Å². The number of halogens is 1. The van der Waals surface area contributed by atoms with Crippen LogP contribution in [0.2, 0.25) is 5.15 Å². The Bertz CT molecular complexity index is 349. The fourth-order valence-corrected chi connectivity index (χ4v) is 2.95. The zero-order valence-corrected chi connectivity index (χ0v) is 9.95. The summed E-state index contributed by atoms with van der Waals surface area (Å²) in [5.41, 5.74) is 1.27. The fourth-order valence-electron chi connectivity index (χ4n) is 2.84. The van der Waals surface area contributed by atoms with Gasteiger partial charge in [0.2, 0.25) is 0 Å². The number of nitrogens with one attached hydrogen (secondary N) is 1. The van der Waals surface area contributed by atoms with Crippen LogP contribution < -0.4 is 5.32 Å². The molecule has 16 heavy (non-hydrogen) atoms. The number of nitrogens with zero attached hydrogens (tertiary/aromatic N) is 2. The fraction of sp³-hybridized carbons (Fsp3) is 0.583. The molecule has 2 fully saturated rings. The average molecular weight is 238 g/mol. The summed E-state index contributed by atoms with van der Waals surface area (Å²) in [6.45, 7) is 3.29. The van der Waals surface area contributed by atoms with Gasteiger partial charge >= 0.3 is 0 Å². The summed E-state index contributed by atoms with van der Waals surface area (Å²) >= 11 is 5.79. The van der Waals surface area contributed by atoms with Crippen molar-refractivity contribution in [1.29, 1.82) is 0 Å². The normalized spacial score (nSPS) is 29.6. The lowest BCUT2D eigenvalue weighted by Crippen LogP contribution is -2.51. The highest BCUT2D eigenvalue weighted by atomic mass is 35.5. The highest BCUT2D eigenvalue weighted by molar-refractivity contribution is 6.29. The van der Waals surface area contributed by atoms with E-state index in [-0.39, 0.29) is 0 Å². The van der Waals surface area contributed by atoms with Gasteiger partial charge in [-0.1, -0.05) is 17.7 Å². The molecule has 0 radical (unpaired) electrons. The van der Waals surface area contributed by atoms with Crippen LogP contribution in [-0.2, 0) is 6.54 Å². The molecule has 0 spiro atoms. The first kappa shape index (κ1) is 10.5. The summed E-state index contributed by atoms with van der Waals surface area (Å²) in [6, 6.07) is 5.39. The minimum Gasteiger partial charge on any atom is -0.314 e. The second-order valence-corrected chi connectivity index (χ2v) is 5.09. The van der Waals surface area contributed by atoms with Crippen LogP contribution >= 0.6 is 11.6 Å². The Kier molecular flexibility index (Phi) is 2.84. The molecule has 3 rings (SSSR count). The van der Waals surface area contributed by atoms with E-state index in [0.717, 1.165) is 31.7 Å². The largest absolute Gasteiger partial charge is 0.314 e. The van der Waals surface area contributed by atoms with E-state index in [4.69, 9.17) is 11.6 Å². The molecule has 0 aliphatic carbocycles. The quantitative estimate of drug-likeness (QED) is 0.794. The third kappa shape index (κ3) is 1.95. The Morgan fingerprint density at radius 1 is 1.31 bits per heavy atom. The van der Waals surface area contributed by atoms with E-state index in [0.29, 0.717) is 5.15 Å². The summed E-state index contributed by atoms with van der Waals surface area (Å²) < 4.78 is 0. The molecule has 86 valence electrons. The molecule has 0 saturated carbocycles. The third-order valence-electron chi connectivity index (χ3n) is 3.68. The molecule has 3 nitrogen and oxygen atoms in total. The van der Waals surface area contributed by atoms with E-state index in [1.165, 1.54) is 18.4 Å². The highest BCUT2D eigenvalue weighted by Gasteiger charge is 2.35. The molecule has 4 heteroatoms. The molecule has 1 aromatic rings. The van der Waals surface area contributed by atoms with Crippen LogP contribution in [0.5, 0.6) is 0 Å². The van der Waals surface area contributed by atoms with Crippen molar-refractivity contribution in [3.63, 3.8) is 0 Å². The summed E-state index contributed by atoms with van der Waals surface area (Å²) in [5.74, 6) is 0. The standard InChI is InChI=1S/C12H16ClN3/c13-12-4-1-9(5-15-12)8-16-10-2-3-11(16)7-14-6-10/h1,4-5,10-11,14H,2-3,6-8H2. The molecule has 2 aliphatic heterocycles. The molecule has 0 amide bonds. The van der Waals surface area contributed by atoms with E-state index >= 15 is 0 Å². The van der Waals surface area contributed by atoms with Crippen LogP contribution in [0.25, 0.3) is 0 Å². The molecule has 2 saturated heterocycles. The van der Waals surface area contributed by atoms with E-state index in [2.05, 4.69) is 21.3 Å². The van der Waals surface area contributed by atoms with E-state index in [1.54, 1.807) is 0 Å². The summed E-state index contributed by atoms with van der Waals surface area (Å²) in [6.07, 6.45) is 4.56. The molecular formula is C12H16ClN3. The lowest BCUT2D eigenvalue weighted by Gasteiger charge is -2.35. The molecular weight excluding hydrogens is 222 g/mol. The van der Waals surface area contributed by atoms with Gasteiger partial charge in [-0.3, -0.25) is 4.90 Å². The second-order valence-electron chi connectivity index (χ2n) is 4.70. The first-order valence-electron chi connectivity index (χ1n) is 5.90. The van der Waals surface area contributed by atoms with E-state index in [1.807, 2.05) is 12.3 Å². The number of pyridine rings is 1. The average Bonchev–Trinajstić information content (AvgIpc) is 2.52. The topological polar surface area (TPSA) is 28.2 Å². The summed E-state index contributed by atoms with van der Waals surface area (Å²) in [5, 5.41) is 4.07. The van der Waals surface area contributed by atoms with Gasteiger partial charge in [0.15, 0.2) is 0 Å². The maximum Gasteiger partial charge on any atom is 0.129 e. The van der Waals surface area contributed by atoms with Gasteiger partial charge in [0.05, 0.1) is 0 Å². The maximum absolute atomic E-state index is 5.79. The van der Waals surface area contributed by atoms with Crippen LogP contribution in [-0.4, -0.2) is 35.1 Å². The zero-order chi connectivity index (χ0) is 11.0. The van der Waals surface area contributed by atoms with Gasteiger partial charge in [-0.2, -0.15) is 0 Å². The van der Waals surface area contributed by atoms with Crippen molar-refractivity contribution in [3.05, 3.63) is 29.0 Å². The maximum atomic E-state index is 5.79. The second kappa shape index (κ2) is 4.32. The minimum atomic E-state index is 0.576. The minimum absolute atomic E-state index is 0.576. The number of fused-ring (bicyclic) bond motifs is 2. The molecule has 2 aliphatic rings. The first-order chi connectivity index (χ1) is 7.83. The number of hydrogen-bond acceptors (Lipinski definition) is 3.